The van der Waals surface area contributed by atoms with Gasteiger partial charge in [-0.3, -0.25) is 0 Å². The molecule has 3 rings (SSSR count). The number of hydrogen-bond donors (Lipinski definition) is 0. The summed E-state index contributed by atoms with van der Waals surface area (Å²) in [5.74, 6) is 2.34. The van der Waals surface area contributed by atoms with Gasteiger partial charge in [0.05, 0.1) is 19.9 Å². The van der Waals surface area contributed by atoms with Gasteiger partial charge in [-0.05, 0) is 36.8 Å². The first kappa shape index (κ1) is 17.3. The average Bonchev–Trinajstić information content (AvgIpc) is 2.67. The van der Waals surface area contributed by atoms with Gasteiger partial charge in [0.1, 0.15) is 16.5 Å². The first-order valence-electron chi connectivity index (χ1n) is 7.94. The molecule has 0 aliphatic rings. The topological polar surface area (TPSA) is 44.2 Å². The summed E-state index contributed by atoms with van der Waals surface area (Å²) in [6.45, 7) is 2.09. The van der Waals surface area contributed by atoms with Crippen molar-refractivity contribution >= 4 is 11.8 Å². The van der Waals surface area contributed by atoms with Gasteiger partial charge in [-0.15, -0.1) is 10.2 Å². The van der Waals surface area contributed by atoms with Gasteiger partial charge in [0.25, 0.3) is 0 Å². The summed E-state index contributed by atoms with van der Waals surface area (Å²) in [4.78, 5) is 0. The van der Waals surface area contributed by atoms with Crippen molar-refractivity contribution in [2.75, 3.05) is 14.2 Å². The predicted octanol–water partition coefficient (Wildman–Crippen LogP) is 4.76. The van der Waals surface area contributed by atoms with Crippen LogP contribution in [0.2, 0.25) is 0 Å². The van der Waals surface area contributed by atoms with E-state index in [1.165, 1.54) is 11.1 Å². The third-order valence-corrected chi connectivity index (χ3v) is 4.82. The van der Waals surface area contributed by atoms with Gasteiger partial charge in [0.2, 0.25) is 0 Å². The van der Waals surface area contributed by atoms with Gasteiger partial charge in [-0.2, -0.15) is 0 Å². The van der Waals surface area contributed by atoms with Crippen LogP contribution in [0.25, 0.3) is 11.3 Å². The van der Waals surface area contributed by atoms with Crippen LogP contribution in [-0.2, 0) is 5.75 Å². The molecule has 0 fully saturated rings. The fourth-order valence-electron chi connectivity index (χ4n) is 2.39. The van der Waals surface area contributed by atoms with Gasteiger partial charge in [-0.1, -0.05) is 41.6 Å². The van der Waals surface area contributed by atoms with Crippen LogP contribution in [0.4, 0.5) is 0 Å². The molecule has 3 aromatic rings. The summed E-state index contributed by atoms with van der Waals surface area (Å²) in [6.07, 6.45) is 0. The zero-order valence-electron chi connectivity index (χ0n) is 14.5. The minimum absolute atomic E-state index is 0.716. The van der Waals surface area contributed by atoms with Crippen molar-refractivity contribution in [3.8, 4) is 22.8 Å². The molecule has 5 heteroatoms. The fourth-order valence-corrected chi connectivity index (χ4v) is 3.16. The summed E-state index contributed by atoms with van der Waals surface area (Å²) < 4.78 is 10.7. The highest BCUT2D eigenvalue weighted by Gasteiger charge is 2.10. The highest BCUT2D eigenvalue weighted by molar-refractivity contribution is 7.98. The zero-order valence-corrected chi connectivity index (χ0v) is 15.3. The maximum atomic E-state index is 5.43. The number of aromatic nitrogens is 2. The Bertz CT molecular complexity index is 833. The number of nitrogens with zero attached hydrogens (tertiary/aromatic N) is 2. The molecule has 0 N–H and O–H groups in total. The Balaban J connectivity index is 1.72. The van der Waals surface area contributed by atoms with E-state index in [-0.39, 0.29) is 0 Å². The maximum absolute atomic E-state index is 5.43. The summed E-state index contributed by atoms with van der Waals surface area (Å²) in [7, 11) is 3.27. The fraction of sp³-hybridized carbons (Fsp3) is 0.200. The molecule has 0 unspecified atom stereocenters. The number of ether oxygens (including phenoxy) is 2. The Morgan fingerprint density at radius 1 is 0.880 bits per heavy atom. The number of aryl methyl sites for hydroxylation is 1. The third kappa shape index (κ3) is 4.31. The lowest BCUT2D eigenvalue weighted by Crippen LogP contribution is -1.94. The van der Waals surface area contributed by atoms with E-state index >= 15 is 0 Å². The molecule has 0 atom stereocenters. The van der Waals surface area contributed by atoms with Crippen molar-refractivity contribution in [2.24, 2.45) is 0 Å². The largest absolute Gasteiger partial charge is 0.497 e. The van der Waals surface area contributed by atoms with E-state index in [1.54, 1.807) is 26.0 Å². The van der Waals surface area contributed by atoms with Crippen molar-refractivity contribution in [1.29, 1.82) is 0 Å². The standard InChI is InChI=1S/C20H20N2O2S/c1-14-4-6-15(7-5-14)13-25-20-11-10-18(21-22-20)17-9-8-16(23-2)12-19(17)24-3/h4-12H,13H2,1-3H3. The average molecular weight is 352 g/mol. The molecule has 1 aromatic heterocycles. The van der Waals surface area contributed by atoms with E-state index in [1.807, 2.05) is 30.3 Å². The minimum atomic E-state index is 0.716. The van der Waals surface area contributed by atoms with E-state index in [9.17, 15) is 0 Å². The van der Waals surface area contributed by atoms with Crippen LogP contribution in [0.15, 0.2) is 59.6 Å². The van der Waals surface area contributed by atoms with Gasteiger partial charge in [0.15, 0.2) is 0 Å². The first-order valence-corrected chi connectivity index (χ1v) is 8.92. The summed E-state index contributed by atoms with van der Waals surface area (Å²) in [6, 6.07) is 18.2. The van der Waals surface area contributed by atoms with Crippen LogP contribution in [-0.4, -0.2) is 24.4 Å². The van der Waals surface area contributed by atoms with E-state index in [0.717, 1.165) is 27.8 Å². The van der Waals surface area contributed by atoms with E-state index in [0.29, 0.717) is 5.75 Å². The molecule has 1 heterocycles. The molecular weight excluding hydrogens is 332 g/mol. The van der Waals surface area contributed by atoms with Gasteiger partial charge in [0, 0.05) is 17.4 Å². The second kappa shape index (κ2) is 8.03. The molecule has 0 radical (unpaired) electrons. The smallest absolute Gasteiger partial charge is 0.132 e. The molecule has 128 valence electrons. The monoisotopic (exact) mass is 352 g/mol. The number of methoxy groups -OCH3 is 2. The predicted molar refractivity (Wildman–Crippen MR) is 101 cm³/mol. The highest BCUT2D eigenvalue weighted by atomic mass is 32.2. The van der Waals surface area contributed by atoms with Crippen molar-refractivity contribution in [3.63, 3.8) is 0 Å². The van der Waals surface area contributed by atoms with Crippen LogP contribution in [0.1, 0.15) is 11.1 Å². The van der Waals surface area contributed by atoms with Crippen molar-refractivity contribution in [2.45, 2.75) is 17.7 Å². The Labute approximate surface area is 152 Å². The first-order chi connectivity index (χ1) is 12.2. The van der Waals surface area contributed by atoms with Crippen molar-refractivity contribution in [3.05, 3.63) is 65.7 Å². The highest BCUT2D eigenvalue weighted by Crippen LogP contribution is 2.32. The van der Waals surface area contributed by atoms with Crippen LogP contribution in [0.3, 0.4) is 0 Å². The second-order valence-electron chi connectivity index (χ2n) is 5.60. The molecule has 0 saturated carbocycles. The summed E-state index contributed by atoms with van der Waals surface area (Å²) in [5, 5.41) is 9.58. The summed E-state index contributed by atoms with van der Waals surface area (Å²) >= 11 is 1.67. The molecule has 0 saturated heterocycles. The van der Waals surface area contributed by atoms with Gasteiger partial charge in [-0.25, -0.2) is 0 Å². The number of rotatable bonds is 6. The molecule has 0 aliphatic heterocycles. The Kier molecular flexibility index (Phi) is 5.56. The molecule has 25 heavy (non-hydrogen) atoms. The van der Waals surface area contributed by atoms with Crippen LogP contribution >= 0.6 is 11.8 Å². The number of benzene rings is 2. The Morgan fingerprint density at radius 3 is 2.32 bits per heavy atom. The minimum Gasteiger partial charge on any atom is -0.497 e. The molecule has 0 bridgehead atoms. The van der Waals surface area contributed by atoms with Crippen molar-refractivity contribution in [1.82, 2.24) is 10.2 Å². The van der Waals surface area contributed by atoms with Crippen LogP contribution < -0.4 is 9.47 Å². The number of thioether (sulfide) groups is 1. The molecule has 0 amide bonds. The van der Waals surface area contributed by atoms with E-state index < -0.39 is 0 Å². The van der Waals surface area contributed by atoms with Crippen molar-refractivity contribution < 1.29 is 9.47 Å². The Morgan fingerprint density at radius 2 is 1.68 bits per heavy atom. The zero-order chi connectivity index (χ0) is 17.6. The number of hydrogen-bond acceptors (Lipinski definition) is 5. The molecule has 2 aromatic carbocycles. The van der Waals surface area contributed by atoms with E-state index in [2.05, 4.69) is 41.4 Å². The lowest BCUT2D eigenvalue weighted by atomic mass is 10.1. The van der Waals surface area contributed by atoms with Gasteiger partial charge < -0.3 is 9.47 Å². The van der Waals surface area contributed by atoms with Crippen LogP contribution in [0.5, 0.6) is 11.5 Å². The van der Waals surface area contributed by atoms with Crippen LogP contribution in [0, 0.1) is 6.92 Å². The molecular formula is C20H20N2O2S. The normalized spacial score (nSPS) is 10.5. The van der Waals surface area contributed by atoms with Gasteiger partial charge >= 0.3 is 0 Å². The molecule has 0 spiro atoms. The quantitative estimate of drug-likeness (QED) is 0.598. The molecule has 0 aliphatic carbocycles. The Hall–Kier alpha value is -2.53. The third-order valence-electron chi connectivity index (χ3n) is 3.83. The van der Waals surface area contributed by atoms with E-state index in [4.69, 9.17) is 9.47 Å². The SMILES string of the molecule is COc1ccc(-c2ccc(SCc3ccc(C)cc3)nn2)c(OC)c1. The molecule has 4 nitrogen and oxygen atoms in total. The lowest BCUT2D eigenvalue weighted by Gasteiger charge is -2.09. The summed E-state index contributed by atoms with van der Waals surface area (Å²) in [5.41, 5.74) is 4.22. The second-order valence-corrected chi connectivity index (χ2v) is 6.59. The maximum Gasteiger partial charge on any atom is 0.132 e. The lowest BCUT2D eigenvalue weighted by molar-refractivity contribution is 0.395.